The van der Waals surface area contributed by atoms with Gasteiger partial charge in [0.25, 0.3) is 11.5 Å². The first-order valence-electron chi connectivity index (χ1n) is 12.8. The largest absolute Gasteiger partial charge is 0.439 e. The molecule has 1 unspecified atom stereocenters. The van der Waals surface area contributed by atoms with Gasteiger partial charge < -0.3 is 15.2 Å². The van der Waals surface area contributed by atoms with Crippen molar-refractivity contribution >= 4 is 11.9 Å². The summed E-state index contributed by atoms with van der Waals surface area (Å²) >= 11 is 0. The maximum Gasteiger partial charge on any atom is 0.430 e. The van der Waals surface area contributed by atoms with Gasteiger partial charge in [-0.2, -0.15) is 26.3 Å². The van der Waals surface area contributed by atoms with Crippen LogP contribution in [-0.2, 0) is 28.9 Å². The number of amides is 3. The van der Waals surface area contributed by atoms with Crippen molar-refractivity contribution < 1.29 is 45.8 Å². The third-order valence-electron chi connectivity index (χ3n) is 7.08. The van der Waals surface area contributed by atoms with Crippen LogP contribution in [0.3, 0.4) is 0 Å². The standard InChI is InChI=1S/C29H27F6N3O4/c1-4-5-19-15-21(27(41,28(30,31)32)29(33,34)35)10-11-22(19)42-23-14-18(12-13-36-23)16-38-24(39)26(3,37-25(38)40)20-8-6-17(2)7-9-20/h6-15,41H,4-5,16H2,1-3H3,(H,37,40). The number of rotatable bonds is 8. The van der Waals surface area contributed by atoms with Gasteiger partial charge in [-0.1, -0.05) is 49.2 Å². The molecule has 224 valence electrons. The summed E-state index contributed by atoms with van der Waals surface area (Å²) < 4.78 is 86.2. The molecule has 7 nitrogen and oxygen atoms in total. The van der Waals surface area contributed by atoms with Gasteiger partial charge >= 0.3 is 18.4 Å². The van der Waals surface area contributed by atoms with Crippen LogP contribution in [0, 0.1) is 6.92 Å². The molecule has 1 aliphatic rings. The predicted octanol–water partition coefficient (Wildman–Crippen LogP) is 6.41. The molecule has 3 aromatic rings. The topological polar surface area (TPSA) is 91.8 Å². The Morgan fingerprint density at radius 2 is 1.62 bits per heavy atom. The van der Waals surface area contributed by atoms with E-state index in [1.54, 1.807) is 26.0 Å². The molecular formula is C29H27F6N3O4. The second-order valence-electron chi connectivity index (χ2n) is 10.2. The van der Waals surface area contributed by atoms with Crippen molar-refractivity contribution in [1.29, 1.82) is 0 Å². The molecule has 42 heavy (non-hydrogen) atoms. The summed E-state index contributed by atoms with van der Waals surface area (Å²) in [6, 6.07) is 11.5. The molecule has 0 saturated carbocycles. The molecule has 2 N–H and O–H groups in total. The second kappa shape index (κ2) is 10.9. The number of nitrogens with zero attached hydrogens (tertiary/aromatic N) is 2. The van der Waals surface area contributed by atoms with Gasteiger partial charge in [0.05, 0.1) is 6.54 Å². The Labute approximate surface area is 237 Å². The van der Waals surface area contributed by atoms with Gasteiger partial charge in [-0.05, 0) is 55.2 Å². The van der Waals surface area contributed by atoms with E-state index in [0.29, 0.717) is 29.7 Å². The van der Waals surface area contributed by atoms with Crippen molar-refractivity contribution in [1.82, 2.24) is 15.2 Å². The van der Waals surface area contributed by atoms with E-state index < -0.39 is 41.0 Å². The van der Waals surface area contributed by atoms with Crippen molar-refractivity contribution in [2.45, 2.75) is 63.7 Å². The molecule has 2 heterocycles. The molecule has 1 atom stereocenters. The van der Waals surface area contributed by atoms with Crippen LogP contribution in [0.15, 0.2) is 60.8 Å². The molecule has 1 aromatic heterocycles. The number of pyridine rings is 1. The summed E-state index contributed by atoms with van der Waals surface area (Å²) in [5, 5.41) is 12.5. The van der Waals surface area contributed by atoms with Gasteiger partial charge in [-0.15, -0.1) is 0 Å². The minimum Gasteiger partial charge on any atom is -0.439 e. The summed E-state index contributed by atoms with van der Waals surface area (Å²) in [5.74, 6) is -0.634. The van der Waals surface area contributed by atoms with Crippen molar-refractivity contribution in [2.24, 2.45) is 0 Å². The monoisotopic (exact) mass is 595 g/mol. The molecule has 3 amide bonds. The molecule has 1 fully saturated rings. The molecule has 0 bridgehead atoms. The van der Waals surface area contributed by atoms with Crippen LogP contribution >= 0.6 is 0 Å². The summed E-state index contributed by atoms with van der Waals surface area (Å²) in [6.07, 6.45) is -10.4. The highest BCUT2D eigenvalue weighted by Gasteiger charge is 2.71. The minimum absolute atomic E-state index is 0.0166. The molecule has 0 aliphatic carbocycles. The second-order valence-corrected chi connectivity index (χ2v) is 10.2. The van der Waals surface area contributed by atoms with Crippen molar-refractivity contribution in [3.05, 3.63) is 88.6 Å². The Morgan fingerprint density at radius 3 is 2.21 bits per heavy atom. The summed E-state index contributed by atoms with van der Waals surface area (Å²) in [5.41, 5.74) is -5.77. The Hall–Kier alpha value is -4.13. The lowest BCUT2D eigenvalue weighted by Crippen LogP contribution is -2.53. The fourth-order valence-corrected chi connectivity index (χ4v) is 4.68. The fraction of sp³-hybridized carbons (Fsp3) is 0.345. The van der Waals surface area contributed by atoms with Crippen LogP contribution in [0.1, 0.15) is 48.1 Å². The van der Waals surface area contributed by atoms with Gasteiger partial charge in [-0.3, -0.25) is 9.69 Å². The fourth-order valence-electron chi connectivity index (χ4n) is 4.68. The first kappa shape index (κ1) is 30.8. The lowest BCUT2D eigenvalue weighted by molar-refractivity contribution is -0.376. The van der Waals surface area contributed by atoms with Gasteiger partial charge in [0, 0.05) is 17.8 Å². The average molecular weight is 596 g/mol. The lowest BCUT2D eigenvalue weighted by atomic mass is 9.90. The maximum atomic E-state index is 13.4. The highest BCUT2D eigenvalue weighted by atomic mass is 19.4. The van der Waals surface area contributed by atoms with Crippen molar-refractivity contribution in [3.63, 3.8) is 0 Å². The highest BCUT2D eigenvalue weighted by molar-refractivity contribution is 6.07. The number of hydrogen-bond acceptors (Lipinski definition) is 5. The number of carbonyl (C=O) groups is 2. The summed E-state index contributed by atoms with van der Waals surface area (Å²) in [7, 11) is 0. The number of aromatic nitrogens is 1. The normalized spacial score (nSPS) is 17.9. The van der Waals surface area contributed by atoms with Gasteiger partial charge in [-0.25, -0.2) is 9.78 Å². The summed E-state index contributed by atoms with van der Waals surface area (Å²) in [6.45, 7) is 4.99. The molecule has 1 saturated heterocycles. The van der Waals surface area contributed by atoms with Gasteiger partial charge in [0.1, 0.15) is 11.3 Å². The number of alkyl halides is 6. The van der Waals surface area contributed by atoms with Crippen LogP contribution in [0.5, 0.6) is 11.6 Å². The predicted molar refractivity (Wildman–Crippen MR) is 138 cm³/mol. The molecule has 1 aliphatic heterocycles. The zero-order valence-electron chi connectivity index (χ0n) is 22.7. The third kappa shape index (κ3) is 5.52. The van der Waals surface area contributed by atoms with Crippen LogP contribution in [0.4, 0.5) is 31.1 Å². The Balaban J connectivity index is 1.59. The number of carbonyl (C=O) groups excluding carboxylic acids is 2. The van der Waals surface area contributed by atoms with E-state index in [4.69, 9.17) is 4.74 Å². The average Bonchev–Trinajstić information content (AvgIpc) is 3.12. The van der Waals surface area contributed by atoms with E-state index in [1.165, 1.54) is 18.3 Å². The number of ether oxygens (including phenoxy) is 1. The van der Waals surface area contributed by atoms with Gasteiger partial charge in [0.15, 0.2) is 0 Å². The maximum absolute atomic E-state index is 13.4. The molecule has 0 radical (unpaired) electrons. The van der Waals surface area contributed by atoms with Crippen molar-refractivity contribution in [3.8, 4) is 11.6 Å². The van der Waals surface area contributed by atoms with Gasteiger partial charge in [0.2, 0.25) is 5.88 Å². The number of imide groups is 1. The van der Waals surface area contributed by atoms with Crippen molar-refractivity contribution in [2.75, 3.05) is 0 Å². The number of urea groups is 1. The number of aryl methyl sites for hydroxylation is 2. The SMILES string of the molecule is CCCc1cc(C(O)(C(F)(F)F)C(F)(F)F)ccc1Oc1cc(CN2C(=O)NC(C)(c3ccc(C)cc3)C2=O)ccn1. The Kier molecular flexibility index (Phi) is 8.02. The van der Waals surface area contributed by atoms with E-state index >= 15 is 0 Å². The number of nitrogens with one attached hydrogen (secondary N) is 1. The van der Waals surface area contributed by atoms with Crippen LogP contribution < -0.4 is 10.1 Å². The van der Waals surface area contributed by atoms with Crippen LogP contribution in [0.2, 0.25) is 0 Å². The molecular weight excluding hydrogens is 568 g/mol. The first-order chi connectivity index (χ1) is 19.5. The smallest absolute Gasteiger partial charge is 0.430 e. The zero-order valence-corrected chi connectivity index (χ0v) is 22.7. The van der Waals surface area contributed by atoms with E-state index in [2.05, 4.69) is 10.3 Å². The number of hydrogen-bond donors (Lipinski definition) is 2. The number of benzene rings is 2. The van der Waals surface area contributed by atoms with Crippen LogP contribution in [0.25, 0.3) is 0 Å². The molecule has 0 spiro atoms. The highest BCUT2D eigenvalue weighted by Crippen LogP contribution is 2.50. The van der Waals surface area contributed by atoms with E-state index in [-0.39, 0.29) is 30.2 Å². The third-order valence-corrected chi connectivity index (χ3v) is 7.08. The number of aliphatic hydroxyl groups is 1. The quantitative estimate of drug-likeness (QED) is 0.232. The lowest BCUT2D eigenvalue weighted by Gasteiger charge is -2.33. The zero-order chi connectivity index (χ0) is 31.1. The Morgan fingerprint density at radius 1 is 0.976 bits per heavy atom. The van der Waals surface area contributed by atoms with Crippen LogP contribution in [-0.4, -0.2) is 39.3 Å². The van der Waals surface area contributed by atoms with E-state index in [9.17, 15) is 41.0 Å². The molecule has 4 rings (SSSR count). The first-order valence-corrected chi connectivity index (χ1v) is 12.8. The molecule has 13 heteroatoms. The minimum atomic E-state index is -6.03. The van der Waals surface area contributed by atoms with E-state index in [0.717, 1.165) is 16.5 Å². The Bertz CT molecular complexity index is 1480. The molecule has 2 aromatic carbocycles. The number of halogens is 6. The van der Waals surface area contributed by atoms with E-state index in [1.807, 2.05) is 19.1 Å². The summed E-state index contributed by atoms with van der Waals surface area (Å²) in [4.78, 5) is 31.1.